The van der Waals surface area contributed by atoms with Crippen LogP contribution in [0.3, 0.4) is 0 Å². The van der Waals surface area contributed by atoms with Gasteiger partial charge < -0.3 is 14.6 Å². The Hall–Kier alpha value is -2.34. The summed E-state index contributed by atoms with van der Waals surface area (Å²) >= 11 is 0. The maximum atomic E-state index is 10.4. The second-order valence-corrected chi connectivity index (χ2v) is 7.76. The normalized spacial score (nSPS) is 12.2. The zero-order valence-corrected chi connectivity index (χ0v) is 18.1. The Labute approximate surface area is 175 Å². The average molecular weight is 399 g/mol. The molecule has 0 heterocycles. The van der Waals surface area contributed by atoms with Crippen LogP contribution < -0.4 is 9.47 Å². The van der Waals surface area contributed by atoms with Crippen molar-refractivity contribution in [2.24, 2.45) is 0 Å². The lowest BCUT2D eigenvalue weighted by molar-refractivity contribution is 0.0732. The summed E-state index contributed by atoms with van der Waals surface area (Å²) in [5.74, 6) is 1.32. The van der Waals surface area contributed by atoms with E-state index >= 15 is 0 Å². The molecule has 0 saturated heterocycles. The number of hydrogen-bond acceptors (Lipinski definition) is 5. The van der Waals surface area contributed by atoms with E-state index in [9.17, 15) is 5.11 Å². The predicted octanol–water partition coefficient (Wildman–Crippen LogP) is 3.57. The summed E-state index contributed by atoms with van der Waals surface area (Å²) in [4.78, 5) is 4.28. The molecule has 1 unspecified atom stereocenters. The first kappa shape index (κ1) is 22.9. The molecule has 2 aromatic carbocycles. The van der Waals surface area contributed by atoms with Crippen molar-refractivity contribution < 1.29 is 14.6 Å². The van der Waals surface area contributed by atoms with Crippen LogP contribution in [0.5, 0.6) is 11.5 Å². The fourth-order valence-electron chi connectivity index (χ4n) is 3.32. The lowest BCUT2D eigenvalue weighted by atomic mass is 10.2. The molecular formula is C24H34N2O3. The van der Waals surface area contributed by atoms with Crippen molar-refractivity contribution >= 4 is 0 Å². The molecule has 0 radical (unpaired) electrons. The van der Waals surface area contributed by atoms with Crippen LogP contribution in [-0.2, 0) is 13.1 Å². The SMILES string of the molecule is C=C(C)CN(C)Cc1ccc(OC)c(OCC(O)CN(C)Cc2ccccc2)c1. The molecule has 29 heavy (non-hydrogen) atoms. The summed E-state index contributed by atoms with van der Waals surface area (Å²) in [5, 5.41) is 10.4. The Bertz CT molecular complexity index is 764. The number of nitrogens with zero attached hydrogens (tertiary/aromatic N) is 2. The van der Waals surface area contributed by atoms with Crippen LogP contribution in [-0.4, -0.2) is 61.9 Å². The van der Waals surface area contributed by atoms with E-state index in [4.69, 9.17) is 9.47 Å². The highest BCUT2D eigenvalue weighted by Crippen LogP contribution is 2.28. The first-order valence-corrected chi connectivity index (χ1v) is 9.90. The Morgan fingerprint density at radius 3 is 2.34 bits per heavy atom. The summed E-state index contributed by atoms with van der Waals surface area (Å²) in [7, 11) is 5.68. The van der Waals surface area contributed by atoms with Gasteiger partial charge in [-0.3, -0.25) is 9.80 Å². The molecule has 0 fully saturated rings. The van der Waals surface area contributed by atoms with Crippen LogP contribution in [0.4, 0.5) is 0 Å². The summed E-state index contributed by atoms with van der Waals surface area (Å²) in [6.07, 6.45) is -0.594. The molecule has 0 aliphatic carbocycles. The van der Waals surface area contributed by atoms with Gasteiger partial charge in [-0.25, -0.2) is 0 Å². The first-order chi connectivity index (χ1) is 13.9. The molecule has 0 saturated carbocycles. The van der Waals surface area contributed by atoms with Crippen LogP contribution >= 0.6 is 0 Å². The van der Waals surface area contributed by atoms with Crippen LogP contribution in [0.25, 0.3) is 0 Å². The van der Waals surface area contributed by atoms with Gasteiger partial charge in [-0.1, -0.05) is 48.6 Å². The summed E-state index contributed by atoms with van der Waals surface area (Å²) in [6.45, 7) is 9.13. The summed E-state index contributed by atoms with van der Waals surface area (Å²) < 4.78 is 11.3. The van der Waals surface area contributed by atoms with Gasteiger partial charge in [0.25, 0.3) is 0 Å². The van der Waals surface area contributed by atoms with Crippen molar-refractivity contribution in [3.05, 3.63) is 71.8 Å². The zero-order chi connectivity index (χ0) is 21.2. The van der Waals surface area contributed by atoms with Gasteiger partial charge in [0, 0.05) is 26.2 Å². The fraction of sp³-hybridized carbons (Fsp3) is 0.417. The molecule has 1 N–H and O–H groups in total. The highest BCUT2D eigenvalue weighted by molar-refractivity contribution is 5.43. The first-order valence-electron chi connectivity index (χ1n) is 9.90. The highest BCUT2D eigenvalue weighted by atomic mass is 16.5. The van der Waals surface area contributed by atoms with Crippen LogP contribution in [0, 0.1) is 0 Å². The third-order valence-corrected chi connectivity index (χ3v) is 4.47. The van der Waals surface area contributed by atoms with Crippen LogP contribution in [0.2, 0.25) is 0 Å². The predicted molar refractivity (Wildman–Crippen MR) is 118 cm³/mol. The molecule has 2 rings (SSSR count). The molecule has 0 aromatic heterocycles. The minimum atomic E-state index is -0.594. The fourth-order valence-corrected chi connectivity index (χ4v) is 3.32. The van der Waals surface area contributed by atoms with Crippen molar-refractivity contribution in [2.75, 3.05) is 40.9 Å². The molecule has 0 spiro atoms. The number of methoxy groups -OCH3 is 1. The minimum absolute atomic E-state index is 0.209. The largest absolute Gasteiger partial charge is 0.493 e. The van der Waals surface area contributed by atoms with Gasteiger partial charge in [0.2, 0.25) is 0 Å². The van der Waals surface area contributed by atoms with E-state index in [1.54, 1.807) is 7.11 Å². The molecule has 5 nitrogen and oxygen atoms in total. The number of hydrogen-bond donors (Lipinski definition) is 1. The quantitative estimate of drug-likeness (QED) is 0.554. The Balaban J connectivity index is 1.90. The Morgan fingerprint density at radius 2 is 1.69 bits per heavy atom. The van der Waals surface area contributed by atoms with Crippen molar-refractivity contribution in [2.45, 2.75) is 26.1 Å². The third-order valence-electron chi connectivity index (χ3n) is 4.47. The van der Waals surface area contributed by atoms with Gasteiger partial charge in [-0.2, -0.15) is 0 Å². The van der Waals surface area contributed by atoms with Crippen molar-refractivity contribution in [3.8, 4) is 11.5 Å². The number of aliphatic hydroxyl groups is 1. The molecule has 2 aromatic rings. The van der Waals surface area contributed by atoms with E-state index in [1.165, 1.54) is 5.56 Å². The molecule has 158 valence electrons. The number of ether oxygens (including phenoxy) is 2. The topological polar surface area (TPSA) is 45.2 Å². The van der Waals surface area contributed by atoms with Gasteiger partial charge in [0.05, 0.1) is 7.11 Å². The molecule has 1 atom stereocenters. The number of rotatable bonds is 12. The van der Waals surface area contributed by atoms with E-state index in [0.717, 1.165) is 30.8 Å². The molecule has 0 aliphatic heterocycles. The summed E-state index contributed by atoms with van der Waals surface area (Å²) in [5.41, 5.74) is 3.47. The van der Waals surface area contributed by atoms with Crippen molar-refractivity contribution in [3.63, 3.8) is 0 Å². The summed E-state index contributed by atoms with van der Waals surface area (Å²) in [6, 6.07) is 16.1. The average Bonchev–Trinajstić information content (AvgIpc) is 2.66. The van der Waals surface area contributed by atoms with E-state index < -0.39 is 6.10 Å². The molecule has 0 aliphatic rings. The maximum absolute atomic E-state index is 10.4. The highest BCUT2D eigenvalue weighted by Gasteiger charge is 2.13. The van der Waals surface area contributed by atoms with Gasteiger partial charge >= 0.3 is 0 Å². The lowest BCUT2D eigenvalue weighted by Gasteiger charge is -2.22. The number of likely N-dealkylation sites (N-methyl/N-ethyl adjacent to an activating group) is 2. The van der Waals surface area contributed by atoms with E-state index in [-0.39, 0.29) is 6.61 Å². The molecule has 0 bridgehead atoms. The van der Waals surface area contributed by atoms with Crippen molar-refractivity contribution in [1.82, 2.24) is 9.80 Å². The second kappa shape index (κ2) is 11.6. The number of aliphatic hydroxyl groups excluding tert-OH is 1. The monoisotopic (exact) mass is 398 g/mol. The van der Waals surface area contributed by atoms with E-state index in [1.807, 2.05) is 50.4 Å². The molecule has 0 amide bonds. The minimum Gasteiger partial charge on any atom is -0.493 e. The van der Waals surface area contributed by atoms with Crippen LogP contribution in [0.15, 0.2) is 60.7 Å². The Kier molecular flexibility index (Phi) is 9.19. The number of benzene rings is 2. The second-order valence-electron chi connectivity index (χ2n) is 7.76. The maximum Gasteiger partial charge on any atom is 0.161 e. The van der Waals surface area contributed by atoms with Crippen LogP contribution in [0.1, 0.15) is 18.1 Å². The van der Waals surface area contributed by atoms with Gasteiger partial charge in [0.15, 0.2) is 11.5 Å². The lowest BCUT2D eigenvalue weighted by Crippen LogP contribution is -2.32. The van der Waals surface area contributed by atoms with Crippen molar-refractivity contribution in [1.29, 1.82) is 0 Å². The zero-order valence-electron chi connectivity index (χ0n) is 18.1. The van der Waals surface area contributed by atoms with Gasteiger partial charge in [-0.05, 0) is 44.3 Å². The van der Waals surface area contributed by atoms with E-state index in [0.29, 0.717) is 18.0 Å². The smallest absolute Gasteiger partial charge is 0.161 e. The third kappa shape index (κ3) is 8.28. The van der Waals surface area contributed by atoms with E-state index in [2.05, 4.69) is 35.6 Å². The standard InChI is InChI=1S/C24H34N2O3/c1-19(2)14-25(3)16-21-11-12-23(28-5)24(13-21)29-18-22(27)17-26(4)15-20-9-7-6-8-10-20/h6-13,22,27H,1,14-18H2,2-5H3. The molecular weight excluding hydrogens is 364 g/mol. The van der Waals surface area contributed by atoms with Gasteiger partial charge in [0.1, 0.15) is 12.7 Å². The Morgan fingerprint density at radius 1 is 1.00 bits per heavy atom. The van der Waals surface area contributed by atoms with Gasteiger partial charge in [-0.15, -0.1) is 0 Å². The molecule has 5 heteroatoms.